The van der Waals surface area contributed by atoms with Gasteiger partial charge in [0, 0.05) is 53.7 Å². The molecule has 2 unspecified atom stereocenters. The average Bonchev–Trinajstić information content (AvgIpc) is 1.33. The van der Waals surface area contributed by atoms with Gasteiger partial charge in [-0.3, -0.25) is 38.4 Å². The van der Waals surface area contributed by atoms with Crippen molar-refractivity contribution in [3.05, 3.63) is 87.0 Å². The number of alkyl carbamates (subject to hydrolysis) is 1. The zero-order valence-corrected chi connectivity index (χ0v) is 47.4. The second-order valence-electron chi connectivity index (χ2n) is 22.5. The van der Waals surface area contributed by atoms with Gasteiger partial charge >= 0.3 is 6.09 Å². The fourth-order valence-corrected chi connectivity index (χ4v) is 11.8. The normalized spacial score (nSPS) is 23.0. The summed E-state index contributed by atoms with van der Waals surface area (Å²) in [5.41, 5.74) is 8.66. The molecule has 4 aliphatic rings. The maximum atomic E-state index is 14.4. The summed E-state index contributed by atoms with van der Waals surface area (Å²) in [4.78, 5) is 123. The minimum atomic E-state index is -2.39. The van der Waals surface area contributed by atoms with Gasteiger partial charge in [0.25, 0.3) is 0 Å². The smallest absolute Gasteiger partial charge is 0.407 e. The van der Waals surface area contributed by atoms with Crippen molar-refractivity contribution in [2.45, 2.75) is 172 Å². The number of anilines is 1. The van der Waals surface area contributed by atoms with Crippen LogP contribution in [0, 0.1) is 12.8 Å². The molecule has 7 rings (SSSR count). The van der Waals surface area contributed by atoms with E-state index in [0.717, 1.165) is 0 Å². The van der Waals surface area contributed by atoms with E-state index in [4.69, 9.17) is 20.9 Å². The largest absolute Gasteiger partial charge is 0.872 e. The molecule has 3 aromatic rings. The van der Waals surface area contributed by atoms with E-state index < -0.39 is 155 Å². The highest BCUT2D eigenvalue weighted by atomic mass is 16.5. The molecule has 2 aliphatic carbocycles. The molecule has 0 radical (unpaired) electrons. The number of carbonyl (C=O) groups excluding carboxylic acids is 9. The number of aryl methyl sites for hydroxylation is 1. The Kier molecular flexibility index (Phi) is 20.8. The number of nitrogens with one attached hydrogen (secondary N) is 5. The number of phenolic OH excluding ortho intramolecular Hbond substituents is 1. The number of ether oxygens (including phenoxy) is 2. The molecule has 24 nitrogen and oxygen atoms in total. The second-order valence-corrected chi connectivity index (χ2v) is 22.5. The number of likely N-dealkylation sites (tertiary alicyclic amines) is 1. The lowest BCUT2D eigenvalue weighted by atomic mass is 9.66. The summed E-state index contributed by atoms with van der Waals surface area (Å²) in [6, 6.07) is 5.73. The molecular formula is C59H77N8O16-. The van der Waals surface area contributed by atoms with Crippen LogP contribution in [0.5, 0.6) is 11.5 Å². The number of phenols is 1. The number of hydrogen-bond donors (Lipinski definition) is 11. The molecule has 83 heavy (non-hydrogen) atoms. The van der Waals surface area contributed by atoms with E-state index in [1.165, 1.54) is 24.8 Å². The van der Waals surface area contributed by atoms with Gasteiger partial charge in [0.05, 0.1) is 23.8 Å². The van der Waals surface area contributed by atoms with Gasteiger partial charge in [0.15, 0.2) is 17.3 Å². The molecular weight excluding hydrogens is 1080 g/mol. The third-order valence-corrected chi connectivity index (χ3v) is 16.3. The van der Waals surface area contributed by atoms with Crippen LogP contribution in [0.1, 0.15) is 152 Å². The van der Waals surface area contributed by atoms with Crippen LogP contribution in [-0.4, -0.2) is 159 Å². The molecule has 13 N–H and O–H groups in total. The number of Topliss-reactive ketones (excluding diaryl/α,β-unsaturated/α-hetero) is 1. The molecule has 2 fully saturated rings. The number of nitrogens with two attached hydrogens (primary N) is 2. The molecule has 0 bridgehead atoms. The second kappa shape index (κ2) is 27.4. The lowest BCUT2D eigenvalue weighted by Crippen LogP contribution is -2.59. The topological polar surface area (TPSA) is 392 Å². The molecule has 2 heterocycles. The number of benzene rings is 3. The van der Waals surface area contributed by atoms with Crippen LogP contribution in [0.2, 0.25) is 0 Å². The SMILES string of the molecule is CC(=O)N1CCCC1C(=O)N[C@@H](CCCCN)C(=O)N[C@H](C(=O)N[C@@H](CCCCN)C(=O)Nc1ccc(COC(=O)N[C@H]2CC([C@H]3C[C@](O)(C(=O)CO)Cc4c([O-])c5c(c(O)c43)C(=O)c3c(C)cccc3C5=O)O[C@@H](C)[C@H]2O)cc1)C(C)C. The van der Waals surface area contributed by atoms with Crippen molar-refractivity contribution in [2.75, 3.05) is 31.6 Å². The minimum Gasteiger partial charge on any atom is -0.872 e. The predicted molar refractivity (Wildman–Crippen MR) is 298 cm³/mol. The Balaban J connectivity index is 0.995. The number of ketones is 3. The fraction of sp³-hybridized carbons (Fsp3) is 0.542. The number of hydrogen-bond acceptors (Lipinski definition) is 18. The molecule has 0 aromatic heterocycles. The number of nitrogens with zero attached hydrogens (tertiary/aromatic N) is 1. The standard InChI is InChI=1S/C59H78N8O16/c1-29(2)48(66-55(77)39(15-7-9-22-61)63-56(78)41-16-11-23-67(41)32(5)69)57(79)64-38(14-6-8-21-60)54(76)62-34-19-17-33(18-20-34)28-82-58(80)65-40-24-42(83-31(4)49(40)71)36-25-59(81,43(70)27-68)26-37-45(36)53(75)47-46(51(37)73)50(72)35-13-10-12-30(3)44(35)52(47)74/h10,12-13,17-20,29,31,36,38-42,48-49,68,71,73,75,81H,6-9,11,14-16,21-28,60-61H2,1-5H3,(H,62,76)(H,63,78)(H,64,79)(H,65,80)(H,66,77)/p-1/t31-,36+,38-,39-,40-,41?,42?,48-,49+,59+/m0/s1. The summed E-state index contributed by atoms with van der Waals surface area (Å²) in [6.07, 6.45) is -2.33. The van der Waals surface area contributed by atoms with Crippen molar-refractivity contribution in [3.63, 3.8) is 0 Å². The highest BCUT2D eigenvalue weighted by Crippen LogP contribution is 2.53. The Labute approximate surface area is 480 Å². The molecule has 450 valence electrons. The number of fused-ring (bicyclic) bond motifs is 3. The quantitative estimate of drug-likeness (QED) is 0.0462. The Morgan fingerprint density at radius 2 is 1.54 bits per heavy atom. The van der Waals surface area contributed by atoms with Crippen molar-refractivity contribution in [3.8, 4) is 11.5 Å². The van der Waals surface area contributed by atoms with E-state index in [9.17, 15) is 68.7 Å². The Morgan fingerprint density at radius 1 is 0.880 bits per heavy atom. The lowest BCUT2D eigenvalue weighted by Gasteiger charge is -2.47. The molecule has 10 atom stereocenters. The van der Waals surface area contributed by atoms with Gasteiger partial charge in [-0.15, -0.1) is 0 Å². The molecule has 2 aliphatic heterocycles. The van der Waals surface area contributed by atoms with Crippen LogP contribution in [0.25, 0.3) is 0 Å². The van der Waals surface area contributed by atoms with Crippen LogP contribution in [0.15, 0.2) is 42.5 Å². The van der Waals surface area contributed by atoms with E-state index in [-0.39, 0.29) is 54.0 Å². The predicted octanol–water partition coefficient (Wildman–Crippen LogP) is 1.02. The van der Waals surface area contributed by atoms with Crippen molar-refractivity contribution >= 4 is 58.7 Å². The lowest BCUT2D eigenvalue weighted by molar-refractivity contribution is -0.270. The number of unbranched alkanes of at least 4 members (excludes halogenated alkanes) is 2. The van der Waals surface area contributed by atoms with Gasteiger partial charge in [-0.1, -0.05) is 49.9 Å². The molecule has 0 saturated carbocycles. The molecule has 6 amide bonds. The first-order chi connectivity index (χ1) is 39.4. The number of aromatic hydroxyl groups is 1. The third-order valence-electron chi connectivity index (χ3n) is 16.3. The van der Waals surface area contributed by atoms with Crippen molar-refractivity contribution in [1.82, 2.24) is 26.2 Å². The van der Waals surface area contributed by atoms with Gasteiger partial charge in [-0.2, -0.15) is 0 Å². The number of rotatable bonds is 23. The Morgan fingerprint density at radius 3 is 2.17 bits per heavy atom. The first-order valence-corrected chi connectivity index (χ1v) is 28.3. The summed E-state index contributed by atoms with van der Waals surface area (Å²) >= 11 is 0. The number of aliphatic hydroxyl groups excluding tert-OH is 2. The van der Waals surface area contributed by atoms with Crippen LogP contribution in [-0.2, 0) is 51.3 Å². The molecule has 24 heteroatoms. The summed E-state index contributed by atoms with van der Waals surface area (Å²) < 4.78 is 11.7. The van der Waals surface area contributed by atoms with Crippen LogP contribution in [0.4, 0.5) is 10.5 Å². The zero-order chi connectivity index (χ0) is 60.6. The number of aliphatic hydroxyl groups is 3. The van der Waals surface area contributed by atoms with Crippen molar-refractivity contribution < 1.29 is 78.2 Å². The third kappa shape index (κ3) is 14.0. The van der Waals surface area contributed by atoms with Gasteiger partial charge in [0.1, 0.15) is 54.8 Å². The Bertz CT molecular complexity index is 2970. The summed E-state index contributed by atoms with van der Waals surface area (Å²) in [6.45, 7) is 7.66. The maximum absolute atomic E-state index is 14.4. The van der Waals surface area contributed by atoms with Crippen LogP contribution in [0.3, 0.4) is 0 Å². The van der Waals surface area contributed by atoms with Gasteiger partial charge in [-0.25, -0.2) is 4.79 Å². The average molecular weight is 1150 g/mol. The summed E-state index contributed by atoms with van der Waals surface area (Å²) in [5.74, 6) is -8.56. The first-order valence-electron chi connectivity index (χ1n) is 28.3. The van der Waals surface area contributed by atoms with E-state index >= 15 is 0 Å². The van der Waals surface area contributed by atoms with Gasteiger partial charge in [-0.05, 0) is 126 Å². The van der Waals surface area contributed by atoms with Crippen molar-refractivity contribution in [1.29, 1.82) is 0 Å². The molecule has 2 saturated heterocycles. The van der Waals surface area contributed by atoms with Crippen molar-refractivity contribution in [2.24, 2.45) is 17.4 Å². The highest BCUT2D eigenvalue weighted by molar-refractivity contribution is 6.31. The van der Waals surface area contributed by atoms with Crippen LogP contribution >= 0.6 is 0 Å². The minimum absolute atomic E-state index is 0.00719. The number of amides is 6. The summed E-state index contributed by atoms with van der Waals surface area (Å²) in [5, 5.41) is 73.2. The monoisotopic (exact) mass is 1150 g/mol. The zero-order valence-electron chi connectivity index (χ0n) is 47.4. The van der Waals surface area contributed by atoms with E-state index in [1.54, 1.807) is 57.2 Å². The molecule has 3 aromatic carbocycles. The molecule has 0 spiro atoms. The highest BCUT2D eigenvalue weighted by Gasteiger charge is 2.51. The van der Waals surface area contributed by atoms with E-state index in [2.05, 4.69) is 26.6 Å². The van der Waals surface area contributed by atoms with E-state index in [0.29, 0.717) is 75.0 Å². The van der Waals surface area contributed by atoms with E-state index in [1.807, 2.05) is 0 Å². The maximum Gasteiger partial charge on any atom is 0.407 e. The summed E-state index contributed by atoms with van der Waals surface area (Å²) in [7, 11) is 0. The number of carbonyl (C=O) groups is 9. The Hall–Kier alpha value is -7.35. The van der Waals surface area contributed by atoms with Gasteiger partial charge in [0.2, 0.25) is 29.5 Å². The first kappa shape index (κ1) is 63.2. The van der Waals surface area contributed by atoms with Crippen LogP contribution < -0.4 is 43.2 Å². The van der Waals surface area contributed by atoms with Gasteiger partial charge < -0.3 is 78.0 Å². The fourth-order valence-electron chi connectivity index (χ4n) is 11.8.